The predicted molar refractivity (Wildman–Crippen MR) is 95.9 cm³/mol. The average molecular weight is 342 g/mol. The van der Waals surface area contributed by atoms with Gasteiger partial charge in [0, 0.05) is 45.1 Å². The Labute approximate surface area is 148 Å². The summed E-state index contributed by atoms with van der Waals surface area (Å²) < 4.78 is 7.64. The second-order valence-corrected chi connectivity index (χ2v) is 6.39. The summed E-state index contributed by atoms with van der Waals surface area (Å²) >= 11 is 0. The van der Waals surface area contributed by atoms with Crippen molar-refractivity contribution in [1.82, 2.24) is 20.0 Å². The quantitative estimate of drug-likeness (QED) is 0.742. The lowest BCUT2D eigenvalue weighted by Crippen LogP contribution is -2.44. The molecule has 1 atom stereocenters. The number of hydrogen-bond donors (Lipinski definition) is 1. The first-order valence-corrected chi connectivity index (χ1v) is 8.91. The number of nitrogens with zero attached hydrogens (tertiary/aromatic N) is 3. The Bertz CT molecular complexity index is 630. The van der Waals surface area contributed by atoms with Gasteiger partial charge in [0.2, 0.25) is 5.91 Å². The summed E-state index contributed by atoms with van der Waals surface area (Å²) in [6.07, 6.45) is 4.97. The molecule has 1 aromatic heterocycles. The topological polar surface area (TPSA) is 59.4 Å². The second kappa shape index (κ2) is 9.34. The van der Waals surface area contributed by atoms with Gasteiger partial charge in [-0.3, -0.25) is 14.4 Å². The summed E-state index contributed by atoms with van der Waals surface area (Å²) in [6, 6.07) is 12.3. The molecule has 1 N–H and O–H groups in total. The van der Waals surface area contributed by atoms with E-state index < -0.39 is 0 Å². The Morgan fingerprint density at radius 3 is 2.96 bits per heavy atom. The Kier molecular flexibility index (Phi) is 6.59. The fourth-order valence-corrected chi connectivity index (χ4v) is 3.07. The van der Waals surface area contributed by atoms with Crippen LogP contribution in [0.5, 0.6) is 0 Å². The second-order valence-electron chi connectivity index (χ2n) is 6.39. The number of nitrogens with one attached hydrogen (secondary N) is 1. The third-order valence-corrected chi connectivity index (χ3v) is 4.33. The van der Waals surface area contributed by atoms with E-state index in [0.717, 1.165) is 32.6 Å². The summed E-state index contributed by atoms with van der Waals surface area (Å²) in [6.45, 7) is 4.79. The molecule has 1 saturated heterocycles. The maximum atomic E-state index is 12.1. The van der Waals surface area contributed by atoms with E-state index in [1.807, 2.05) is 23.0 Å². The maximum absolute atomic E-state index is 12.1. The normalized spacial score (nSPS) is 18.2. The van der Waals surface area contributed by atoms with Crippen LogP contribution in [0, 0.1) is 0 Å². The zero-order valence-corrected chi connectivity index (χ0v) is 14.5. The third-order valence-electron chi connectivity index (χ3n) is 4.33. The number of carbonyl (C=O) groups excluding carboxylic acids is 1. The van der Waals surface area contributed by atoms with Crippen molar-refractivity contribution in [1.29, 1.82) is 0 Å². The molecule has 0 bridgehead atoms. The lowest BCUT2D eigenvalue weighted by atomic mass is 10.1. The highest BCUT2D eigenvalue weighted by molar-refractivity contribution is 5.76. The van der Waals surface area contributed by atoms with Crippen molar-refractivity contribution in [3.63, 3.8) is 0 Å². The molecule has 2 aromatic rings. The number of benzene rings is 1. The highest BCUT2D eigenvalue weighted by Gasteiger charge is 2.22. The first-order valence-electron chi connectivity index (χ1n) is 8.91. The largest absolute Gasteiger partial charge is 0.375 e. The number of ether oxygens (including phenoxy) is 1. The molecule has 1 aliphatic rings. The first-order chi connectivity index (χ1) is 12.3. The number of aromatic nitrogens is 2. The van der Waals surface area contributed by atoms with Gasteiger partial charge >= 0.3 is 0 Å². The molecule has 1 fully saturated rings. The minimum absolute atomic E-state index is 0.0245. The molecular formula is C19H26N4O2. The number of morpholine rings is 1. The van der Waals surface area contributed by atoms with E-state index in [-0.39, 0.29) is 12.0 Å². The fourth-order valence-electron chi connectivity index (χ4n) is 3.07. The van der Waals surface area contributed by atoms with E-state index in [4.69, 9.17) is 4.74 Å². The van der Waals surface area contributed by atoms with Crippen LogP contribution in [0.1, 0.15) is 18.4 Å². The molecule has 2 heterocycles. The Morgan fingerprint density at radius 1 is 1.28 bits per heavy atom. The zero-order valence-electron chi connectivity index (χ0n) is 14.5. The fraction of sp³-hybridized carbons (Fsp3) is 0.474. The number of carbonyl (C=O) groups is 1. The van der Waals surface area contributed by atoms with Crippen LogP contribution in [-0.4, -0.2) is 52.9 Å². The number of amides is 1. The third kappa shape index (κ3) is 5.99. The van der Waals surface area contributed by atoms with Crippen molar-refractivity contribution in [2.24, 2.45) is 0 Å². The molecule has 25 heavy (non-hydrogen) atoms. The number of rotatable bonds is 8. The van der Waals surface area contributed by atoms with Gasteiger partial charge in [0.1, 0.15) is 0 Å². The van der Waals surface area contributed by atoms with Gasteiger partial charge in [-0.2, -0.15) is 5.10 Å². The van der Waals surface area contributed by atoms with E-state index in [9.17, 15) is 4.79 Å². The summed E-state index contributed by atoms with van der Waals surface area (Å²) in [7, 11) is 0. The van der Waals surface area contributed by atoms with Crippen LogP contribution in [0.25, 0.3) is 0 Å². The average Bonchev–Trinajstić information content (AvgIpc) is 3.13. The molecule has 6 nitrogen and oxygen atoms in total. The number of aryl methyl sites for hydroxylation is 1. The summed E-state index contributed by atoms with van der Waals surface area (Å²) in [5.74, 6) is 0.0621. The van der Waals surface area contributed by atoms with Gasteiger partial charge in [0.25, 0.3) is 0 Å². The minimum Gasteiger partial charge on any atom is -0.375 e. The van der Waals surface area contributed by atoms with Gasteiger partial charge in [-0.05, 0) is 18.1 Å². The van der Waals surface area contributed by atoms with Crippen molar-refractivity contribution in [3.8, 4) is 0 Å². The van der Waals surface area contributed by atoms with Gasteiger partial charge in [0.15, 0.2) is 0 Å². The highest BCUT2D eigenvalue weighted by atomic mass is 16.5. The van der Waals surface area contributed by atoms with E-state index in [1.54, 1.807) is 6.20 Å². The standard InChI is InChI=1S/C19H26N4O2/c24-19(20-8-4-10-23-11-5-9-21-23)14-18-16-22(12-13-25-18)15-17-6-2-1-3-7-17/h1-3,5-7,9,11,18H,4,8,10,12-16H2,(H,20,24). The smallest absolute Gasteiger partial charge is 0.222 e. The minimum atomic E-state index is -0.0245. The lowest BCUT2D eigenvalue weighted by Gasteiger charge is -2.32. The van der Waals surface area contributed by atoms with Crippen LogP contribution in [0.2, 0.25) is 0 Å². The SMILES string of the molecule is O=C(CC1CN(Cc2ccccc2)CCO1)NCCCn1cccn1. The molecule has 134 valence electrons. The molecular weight excluding hydrogens is 316 g/mol. The Balaban J connectivity index is 1.34. The molecule has 0 aliphatic carbocycles. The predicted octanol–water partition coefficient (Wildman–Crippen LogP) is 1.68. The van der Waals surface area contributed by atoms with E-state index in [2.05, 4.69) is 39.6 Å². The van der Waals surface area contributed by atoms with Crippen molar-refractivity contribution in [2.75, 3.05) is 26.2 Å². The van der Waals surface area contributed by atoms with Gasteiger partial charge in [-0.25, -0.2) is 0 Å². The lowest BCUT2D eigenvalue weighted by molar-refractivity contribution is -0.126. The van der Waals surface area contributed by atoms with Crippen molar-refractivity contribution >= 4 is 5.91 Å². The molecule has 1 amide bonds. The molecule has 0 radical (unpaired) electrons. The molecule has 1 aromatic carbocycles. The van der Waals surface area contributed by atoms with Crippen LogP contribution in [-0.2, 0) is 22.6 Å². The first kappa shape index (κ1) is 17.6. The Morgan fingerprint density at radius 2 is 2.16 bits per heavy atom. The molecule has 0 spiro atoms. The molecule has 0 saturated carbocycles. The molecule has 3 rings (SSSR count). The van der Waals surface area contributed by atoms with Gasteiger partial charge in [-0.15, -0.1) is 0 Å². The van der Waals surface area contributed by atoms with Crippen LogP contribution < -0.4 is 5.32 Å². The monoisotopic (exact) mass is 342 g/mol. The van der Waals surface area contributed by atoms with Crippen LogP contribution in [0.4, 0.5) is 0 Å². The summed E-state index contributed by atoms with van der Waals surface area (Å²) in [5.41, 5.74) is 1.30. The van der Waals surface area contributed by atoms with Crippen molar-refractivity contribution in [2.45, 2.75) is 32.0 Å². The van der Waals surface area contributed by atoms with E-state index in [1.165, 1.54) is 5.56 Å². The molecule has 1 unspecified atom stereocenters. The maximum Gasteiger partial charge on any atom is 0.222 e. The van der Waals surface area contributed by atoms with Crippen LogP contribution in [0.3, 0.4) is 0 Å². The van der Waals surface area contributed by atoms with E-state index in [0.29, 0.717) is 19.6 Å². The van der Waals surface area contributed by atoms with Crippen LogP contribution in [0.15, 0.2) is 48.8 Å². The summed E-state index contributed by atoms with van der Waals surface area (Å²) in [5, 5.41) is 7.13. The zero-order chi connectivity index (χ0) is 17.3. The van der Waals surface area contributed by atoms with E-state index >= 15 is 0 Å². The van der Waals surface area contributed by atoms with Gasteiger partial charge in [0.05, 0.1) is 19.1 Å². The highest BCUT2D eigenvalue weighted by Crippen LogP contribution is 2.12. The van der Waals surface area contributed by atoms with Crippen molar-refractivity contribution < 1.29 is 9.53 Å². The molecule has 1 aliphatic heterocycles. The van der Waals surface area contributed by atoms with Crippen LogP contribution >= 0.6 is 0 Å². The molecule has 6 heteroatoms. The van der Waals surface area contributed by atoms with Gasteiger partial charge < -0.3 is 10.1 Å². The number of hydrogen-bond acceptors (Lipinski definition) is 4. The summed E-state index contributed by atoms with van der Waals surface area (Å²) in [4.78, 5) is 14.5. The van der Waals surface area contributed by atoms with Gasteiger partial charge in [-0.1, -0.05) is 30.3 Å². The van der Waals surface area contributed by atoms with Crippen molar-refractivity contribution in [3.05, 3.63) is 54.4 Å². The Hall–Kier alpha value is -2.18.